The van der Waals surface area contributed by atoms with Crippen LogP contribution in [-0.4, -0.2) is 20.3 Å². The van der Waals surface area contributed by atoms with Gasteiger partial charge >= 0.3 is 0 Å². The standard InChI is InChI=1S/C15H17NO3/c17-9-12-8-16-14(15(19)13(12)10-18)7-6-11-4-2-1-3-5-11/h1-5,8,17-19H,6-7,9-10H2. The molecule has 0 unspecified atom stereocenters. The molecule has 0 atom stereocenters. The van der Waals surface area contributed by atoms with E-state index < -0.39 is 0 Å². The summed E-state index contributed by atoms with van der Waals surface area (Å²) in [6, 6.07) is 9.94. The molecule has 4 heteroatoms. The Balaban J connectivity index is 2.17. The van der Waals surface area contributed by atoms with E-state index in [1.807, 2.05) is 30.3 Å². The van der Waals surface area contributed by atoms with Crippen LogP contribution in [0.4, 0.5) is 0 Å². The molecule has 100 valence electrons. The second-order valence-electron chi connectivity index (χ2n) is 4.36. The summed E-state index contributed by atoms with van der Waals surface area (Å²) in [5.41, 5.74) is 2.54. The summed E-state index contributed by atoms with van der Waals surface area (Å²) in [5, 5.41) is 28.4. The molecular weight excluding hydrogens is 242 g/mol. The van der Waals surface area contributed by atoms with Crippen LogP contribution in [0.2, 0.25) is 0 Å². The summed E-state index contributed by atoms with van der Waals surface area (Å²) >= 11 is 0. The molecule has 3 N–H and O–H groups in total. The molecule has 1 heterocycles. The second kappa shape index (κ2) is 6.31. The molecule has 0 spiro atoms. The van der Waals surface area contributed by atoms with Crippen molar-refractivity contribution in [3.05, 3.63) is 58.9 Å². The van der Waals surface area contributed by atoms with E-state index in [1.54, 1.807) is 0 Å². The van der Waals surface area contributed by atoms with E-state index in [4.69, 9.17) is 5.11 Å². The zero-order valence-electron chi connectivity index (χ0n) is 10.6. The van der Waals surface area contributed by atoms with Crippen LogP contribution in [0, 0.1) is 0 Å². The van der Waals surface area contributed by atoms with Crippen molar-refractivity contribution in [2.24, 2.45) is 0 Å². The van der Waals surface area contributed by atoms with Crippen LogP contribution < -0.4 is 0 Å². The van der Waals surface area contributed by atoms with Crippen molar-refractivity contribution in [1.82, 2.24) is 4.98 Å². The number of rotatable bonds is 5. The minimum atomic E-state index is -0.303. The minimum Gasteiger partial charge on any atom is -0.506 e. The molecule has 4 nitrogen and oxygen atoms in total. The molecule has 0 aliphatic carbocycles. The quantitative estimate of drug-likeness (QED) is 0.762. The Bertz CT molecular complexity index is 541. The van der Waals surface area contributed by atoms with Crippen LogP contribution in [0.15, 0.2) is 36.5 Å². The molecule has 0 saturated carbocycles. The largest absolute Gasteiger partial charge is 0.506 e. The van der Waals surface area contributed by atoms with Crippen molar-refractivity contribution in [2.45, 2.75) is 26.1 Å². The zero-order valence-corrected chi connectivity index (χ0v) is 10.6. The number of aromatic nitrogens is 1. The number of aliphatic hydroxyl groups excluding tert-OH is 2. The Morgan fingerprint density at radius 2 is 1.68 bits per heavy atom. The van der Waals surface area contributed by atoms with Gasteiger partial charge in [0.15, 0.2) is 0 Å². The monoisotopic (exact) mass is 259 g/mol. The molecule has 0 aliphatic heterocycles. The fourth-order valence-corrected chi connectivity index (χ4v) is 2.02. The van der Waals surface area contributed by atoms with Crippen LogP contribution in [-0.2, 0) is 26.1 Å². The number of aromatic hydroxyl groups is 1. The average molecular weight is 259 g/mol. The molecule has 19 heavy (non-hydrogen) atoms. The third kappa shape index (κ3) is 3.10. The maximum absolute atomic E-state index is 10.0. The third-order valence-corrected chi connectivity index (χ3v) is 3.14. The number of aryl methyl sites for hydroxylation is 2. The summed E-state index contributed by atoms with van der Waals surface area (Å²) in [4.78, 5) is 4.15. The summed E-state index contributed by atoms with van der Waals surface area (Å²) in [7, 11) is 0. The number of benzene rings is 1. The lowest BCUT2D eigenvalue weighted by Gasteiger charge is -2.11. The molecule has 0 fully saturated rings. The predicted octanol–water partition coefficient (Wildman–Crippen LogP) is 1.56. The van der Waals surface area contributed by atoms with E-state index in [0.717, 1.165) is 6.42 Å². The van der Waals surface area contributed by atoms with Gasteiger partial charge < -0.3 is 15.3 Å². The molecule has 1 aromatic heterocycles. The smallest absolute Gasteiger partial charge is 0.142 e. The van der Waals surface area contributed by atoms with E-state index in [-0.39, 0.29) is 19.0 Å². The predicted molar refractivity (Wildman–Crippen MR) is 71.6 cm³/mol. The van der Waals surface area contributed by atoms with Gasteiger partial charge in [-0.05, 0) is 18.4 Å². The van der Waals surface area contributed by atoms with Gasteiger partial charge in [0.2, 0.25) is 0 Å². The van der Waals surface area contributed by atoms with Crippen molar-refractivity contribution in [3.63, 3.8) is 0 Å². The summed E-state index contributed by atoms with van der Waals surface area (Å²) < 4.78 is 0. The van der Waals surface area contributed by atoms with E-state index >= 15 is 0 Å². The van der Waals surface area contributed by atoms with Crippen LogP contribution >= 0.6 is 0 Å². The summed E-state index contributed by atoms with van der Waals surface area (Å²) in [6.45, 7) is -0.544. The number of hydrogen-bond donors (Lipinski definition) is 3. The first-order valence-electron chi connectivity index (χ1n) is 6.20. The summed E-state index contributed by atoms with van der Waals surface area (Å²) in [6.07, 6.45) is 2.87. The van der Waals surface area contributed by atoms with Gasteiger partial charge in [0.25, 0.3) is 0 Å². The van der Waals surface area contributed by atoms with Crippen molar-refractivity contribution in [3.8, 4) is 5.75 Å². The third-order valence-electron chi connectivity index (χ3n) is 3.14. The first-order valence-corrected chi connectivity index (χ1v) is 6.20. The average Bonchev–Trinajstić information content (AvgIpc) is 2.46. The summed E-state index contributed by atoms with van der Waals surface area (Å²) in [5.74, 6) is -0.00928. The highest BCUT2D eigenvalue weighted by Gasteiger charge is 2.12. The number of hydrogen-bond acceptors (Lipinski definition) is 4. The number of pyridine rings is 1. The first kappa shape index (κ1) is 13.5. The van der Waals surface area contributed by atoms with Gasteiger partial charge in [-0.1, -0.05) is 30.3 Å². The highest BCUT2D eigenvalue weighted by Crippen LogP contribution is 2.25. The Morgan fingerprint density at radius 1 is 0.947 bits per heavy atom. The molecule has 0 bridgehead atoms. The van der Waals surface area contributed by atoms with Gasteiger partial charge in [-0.25, -0.2) is 0 Å². The SMILES string of the molecule is OCc1cnc(CCc2ccccc2)c(O)c1CO. The highest BCUT2D eigenvalue weighted by atomic mass is 16.3. The maximum atomic E-state index is 10.0. The van der Waals surface area contributed by atoms with Gasteiger partial charge in [-0.2, -0.15) is 0 Å². The van der Waals surface area contributed by atoms with E-state index in [1.165, 1.54) is 11.8 Å². The van der Waals surface area contributed by atoms with E-state index in [0.29, 0.717) is 23.2 Å². The van der Waals surface area contributed by atoms with Gasteiger partial charge in [0.1, 0.15) is 5.75 Å². The topological polar surface area (TPSA) is 73.6 Å². The molecule has 1 aromatic carbocycles. The molecule has 2 aromatic rings. The van der Waals surface area contributed by atoms with E-state index in [9.17, 15) is 10.2 Å². The van der Waals surface area contributed by atoms with Crippen molar-refractivity contribution < 1.29 is 15.3 Å². The number of nitrogens with zero attached hydrogens (tertiary/aromatic N) is 1. The molecule has 0 saturated heterocycles. The Kier molecular flexibility index (Phi) is 4.49. The van der Waals surface area contributed by atoms with Gasteiger partial charge in [0, 0.05) is 17.3 Å². The van der Waals surface area contributed by atoms with Crippen molar-refractivity contribution in [2.75, 3.05) is 0 Å². The van der Waals surface area contributed by atoms with E-state index in [2.05, 4.69) is 4.98 Å². The van der Waals surface area contributed by atoms with Crippen molar-refractivity contribution >= 4 is 0 Å². The lowest BCUT2D eigenvalue weighted by Crippen LogP contribution is -2.02. The molecular formula is C15H17NO3. The molecule has 0 aliphatic rings. The van der Waals surface area contributed by atoms with Crippen LogP contribution in [0.3, 0.4) is 0 Å². The normalized spacial score (nSPS) is 10.6. The van der Waals surface area contributed by atoms with Gasteiger partial charge in [-0.15, -0.1) is 0 Å². The number of aliphatic hydroxyl groups is 2. The first-order chi connectivity index (χ1) is 9.26. The lowest BCUT2D eigenvalue weighted by atomic mass is 10.0. The molecule has 2 rings (SSSR count). The fourth-order valence-electron chi connectivity index (χ4n) is 2.02. The fraction of sp³-hybridized carbons (Fsp3) is 0.267. The van der Waals surface area contributed by atoms with Crippen LogP contribution in [0.25, 0.3) is 0 Å². The van der Waals surface area contributed by atoms with Crippen molar-refractivity contribution in [1.29, 1.82) is 0 Å². The van der Waals surface area contributed by atoms with Gasteiger partial charge in [0.05, 0.1) is 18.9 Å². The Hall–Kier alpha value is -1.91. The van der Waals surface area contributed by atoms with Crippen LogP contribution in [0.1, 0.15) is 22.4 Å². The Morgan fingerprint density at radius 3 is 2.32 bits per heavy atom. The minimum absolute atomic E-state index is 0.00928. The van der Waals surface area contributed by atoms with Crippen LogP contribution in [0.5, 0.6) is 5.75 Å². The maximum Gasteiger partial charge on any atom is 0.142 e. The Labute approximate surface area is 112 Å². The zero-order chi connectivity index (χ0) is 13.7. The van der Waals surface area contributed by atoms with Gasteiger partial charge in [-0.3, -0.25) is 4.98 Å². The molecule has 0 amide bonds. The second-order valence-corrected chi connectivity index (χ2v) is 4.36. The highest BCUT2D eigenvalue weighted by molar-refractivity contribution is 5.41. The molecule has 0 radical (unpaired) electrons. The lowest BCUT2D eigenvalue weighted by molar-refractivity contribution is 0.254.